The highest BCUT2D eigenvalue weighted by Crippen LogP contribution is 2.67. The number of piperidine rings is 3. The first-order valence-electron chi connectivity index (χ1n) is 27.8. The van der Waals surface area contributed by atoms with Gasteiger partial charge >= 0.3 is 0 Å². The molecule has 12 bridgehead atoms. The number of aliphatic imine (C=N–C) groups is 1. The summed E-state index contributed by atoms with van der Waals surface area (Å²) in [5.74, 6) is 6.14. The fourth-order valence-electron chi connectivity index (χ4n) is 21.9. The van der Waals surface area contributed by atoms with E-state index in [9.17, 15) is 39.8 Å². The lowest BCUT2D eigenvalue weighted by Gasteiger charge is -2.62. The molecular formula is C54H80N9O8+. The molecule has 14 N–H and O–H groups in total. The minimum absolute atomic E-state index is 0. The van der Waals surface area contributed by atoms with E-state index >= 15 is 0 Å². The molecule has 5 heterocycles. The highest BCUT2D eigenvalue weighted by molar-refractivity contribution is 6.00. The van der Waals surface area contributed by atoms with Gasteiger partial charge in [-0.05, 0) is 213 Å². The molecule has 17 heteroatoms. The van der Waals surface area contributed by atoms with Gasteiger partial charge in [0.1, 0.15) is 30.0 Å². The van der Waals surface area contributed by atoms with Gasteiger partial charge in [0.2, 0.25) is 23.6 Å². The van der Waals surface area contributed by atoms with Gasteiger partial charge in [-0.25, -0.2) is 0 Å². The van der Waals surface area contributed by atoms with E-state index in [0.717, 1.165) is 122 Å². The summed E-state index contributed by atoms with van der Waals surface area (Å²) in [4.78, 5) is 62.9. The molecule has 4 amide bonds. The van der Waals surface area contributed by atoms with Gasteiger partial charge in [-0.2, -0.15) is 5.26 Å². The molecule has 6 unspecified atom stereocenters. The molecular weight excluding hydrogens is 903 g/mol. The van der Waals surface area contributed by atoms with Crippen molar-refractivity contribution in [1.29, 1.82) is 5.26 Å². The molecule has 20 rings (SSSR count). The van der Waals surface area contributed by atoms with E-state index in [1.807, 2.05) is 4.90 Å². The van der Waals surface area contributed by atoms with Crippen molar-refractivity contribution in [3.05, 3.63) is 0 Å². The Morgan fingerprint density at radius 3 is 1.63 bits per heavy atom. The normalized spacial score (nSPS) is 55.6. The van der Waals surface area contributed by atoms with Crippen molar-refractivity contribution in [3.8, 4) is 6.07 Å². The summed E-state index contributed by atoms with van der Waals surface area (Å²) in [7, 11) is 0. The molecule has 0 radical (unpaired) electrons. The van der Waals surface area contributed by atoms with E-state index in [2.05, 4.69) is 16.3 Å². The third-order valence-electron chi connectivity index (χ3n) is 23.3. The lowest BCUT2D eigenvalue weighted by atomic mass is 9.46. The van der Waals surface area contributed by atoms with Gasteiger partial charge in [0.05, 0.1) is 35.0 Å². The fourth-order valence-corrected chi connectivity index (χ4v) is 21.9. The predicted molar refractivity (Wildman–Crippen MR) is 258 cm³/mol. The second kappa shape index (κ2) is 15.1. The highest BCUT2D eigenvalue weighted by Gasteiger charge is 2.69. The lowest BCUT2D eigenvalue weighted by molar-refractivity contribution is -0.186. The summed E-state index contributed by atoms with van der Waals surface area (Å²) in [6.07, 6.45) is 23.3. The fraction of sp³-hybridized carbons (Fsp3) is 0.889. The Balaban J connectivity index is 0.000000103. The number of nitriles is 1. The second-order valence-corrected chi connectivity index (χ2v) is 28.3. The number of amidine groups is 1. The number of fused-ring (bicyclic) bond motifs is 7. The first kappa shape index (κ1) is 47.3. The third kappa shape index (κ3) is 6.91. The summed E-state index contributed by atoms with van der Waals surface area (Å²) < 4.78 is 0. The van der Waals surface area contributed by atoms with E-state index in [1.165, 1.54) is 19.3 Å². The zero-order valence-corrected chi connectivity index (χ0v) is 41.5. The van der Waals surface area contributed by atoms with Crippen molar-refractivity contribution < 1.29 is 40.0 Å². The van der Waals surface area contributed by atoms with Crippen LogP contribution in [0.4, 0.5) is 0 Å². The Morgan fingerprint density at radius 1 is 0.634 bits per heavy atom. The van der Waals surface area contributed by atoms with Crippen LogP contribution in [-0.4, -0.2) is 131 Å². The Bertz CT molecular complexity index is 2360. The van der Waals surface area contributed by atoms with Crippen LogP contribution in [0.2, 0.25) is 0 Å². The molecule has 71 heavy (non-hydrogen) atoms. The number of piperazine rings is 1. The van der Waals surface area contributed by atoms with Crippen molar-refractivity contribution in [2.24, 2.45) is 86.0 Å². The maximum absolute atomic E-state index is 13.3. The van der Waals surface area contributed by atoms with Crippen molar-refractivity contribution >= 4 is 29.5 Å². The summed E-state index contributed by atoms with van der Waals surface area (Å²) >= 11 is 0. The number of aliphatic hydroxyl groups is 3. The molecule has 17 nitrogen and oxygen atoms in total. The summed E-state index contributed by atoms with van der Waals surface area (Å²) in [5.41, 5.74) is 10.6. The Morgan fingerprint density at radius 2 is 1.10 bits per heavy atom. The van der Waals surface area contributed by atoms with E-state index in [0.29, 0.717) is 84.0 Å². The van der Waals surface area contributed by atoms with Crippen LogP contribution in [-0.2, 0) is 24.7 Å². The Labute approximate surface area is 416 Å². The zero-order chi connectivity index (χ0) is 47.1. The molecule has 4 saturated heterocycles. The molecule has 0 aromatic rings. The van der Waals surface area contributed by atoms with Crippen LogP contribution >= 0.6 is 0 Å². The van der Waals surface area contributed by atoms with Gasteiger partial charge < -0.3 is 58.4 Å². The lowest BCUT2D eigenvalue weighted by Crippen LogP contribution is -2.71. The molecule has 18 atom stereocenters. The number of nitrogens with two attached hydrogens (primary N) is 2. The molecule has 0 spiro atoms. The number of nitrogens with one attached hydrogen (secondary N) is 1. The number of amides is 4. The standard InChI is InChI=1S/2C18H25N3O2.C18H24N2O3.H3N.H2O/c19-15-13-3-11-2-12(11)21(13)16(22)14(20-15)17-4-9-1-10(5-17)7-18(23,6-9)8-17;19-8-13-2-12-3-14(12)21(13)16(22)15(20)17-4-10-1-11(5-17)7-18(23,6-10)9-17;21-15-13-3-11-2-12(11)20(13)16(22)14(19-15)17-4-9-1-10(5-17)7-18(23,6-9)8-17;;/h9-14,23H,1-8H2,(H2,19,20);10-15,23H,1-7,9,20H2;9-14,23H,1-8H2,(H,19,21);1H3;1H2/p+1/t9?,10?,11-,12-,13+,14+,17?,18?;10?,11?,12-,13+,14+,15-,17?,18?;9?,10?,11-,12-,13+,14+,17?,18?;;/m010../s1. The van der Waals surface area contributed by atoms with Crippen LogP contribution in [0.5, 0.6) is 0 Å². The maximum atomic E-state index is 13.3. The number of hydrogen-bond acceptors (Lipinski definition) is 12. The van der Waals surface area contributed by atoms with Crippen molar-refractivity contribution in [3.63, 3.8) is 0 Å². The number of likely N-dealkylation sites (tertiary alicyclic amines) is 1. The van der Waals surface area contributed by atoms with E-state index in [1.54, 1.807) is 4.90 Å². The number of carbonyl (C=O) groups is 4. The second-order valence-electron chi connectivity index (χ2n) is 28.3. The monoisotopic (exact) mass is 983 g/mol. The van der Waals surface area contributed by atoms with Crippen molar-refractivity contribution in [2.75, 3.05) is 0 Å². The van der Waals surface area contributed by atoms with Crippen LogP contribution in [0.3, 0.4) is 0 Å². The molecule has 0 aromatic heterocycles. The molecule has 388 valence electrons. The average Bonchev–Trinajstić information content (AvgIpc) is 4.23. The Kier molecular flexibility index (Phi) is 10.1. The molecule has 15 aliphatic carbocycles. The SMILES string of the molecule is N.N#C[C@@H]1C[C@@H]2C[C@@H]2N1C(=O)[C@@H](N)C12CC3CC(CC(O)(C3)C1)C2.NC1=N[C@@H](C23CC4CC(CC(O)(C4)C2)C3)C(=O)N2[C@@H]1C[C@@H]1C[C@@H]12.O=C1N[C@@H](C23CC4CC(CC(O)(C4)C2)C3)C(=O)N2[C@@H]1C[C@@H]1C[C@@H]12.[OH3+]. The largest absolute Gasteiger partial charge is 0.457 e. The minimum Gasteiger partial charge on any atom is -0.457 e. The van der Waals surface area contributed by atoms with Crippen LogP contribution in [0.15, 0.2) is 4.99 Å². The smallest absolute Gasteiger partial charge is 0.248 e. The molecule has 15 saturated carbocycles. The average molecular weight is 983 g/mol. The van der Waals surface area contributed by atoms with Gasteiger partial charge in [0, 0.05) is 29.0 Å². The number of carbonyl (C=O) groups excluding carboxylic acids is 4. The predicted octanol–water partition coefficient (Wildman–Crippen LogP) is 2.25. The highest BCUT2D eigenvalue weighted by atomic mass is 16.3. The zero-order valence-electron chi connectivity index (χ0n) is 41.5. The maximum Gasteiger partial charge on any atom is 0.248 e. The number of rotatable bonds is 4. The van der Waals surface area contributed by atoms with Gasteiger partial charge in [0.25, 0.3) is 0 Å². The van der Waals surface area contributed by atoms with Crippen LogP contribution in [0.1, 0.15) is 154 Å². The van der Waals surface area contributed by atoms with E-state index in [4.69, 9.17) is 16.5 Å². The van der Waals surface area contributed by atoms with Crippen LogP contribution in [0.25, 0.3) is 0 Å². The minimum atomic E-state index is -0.594. The quantitative estimate of drug-likeness (QED) is 0.201. The number of nitrogens with zero attached hydrogens (tertiary/aromatic N) is 5. The van der Waals surface area contributed by atoms with E-state index < -0.39 is 22.8 Å². The summed E-state index contributed by atoms with van der Waals surface area (Å²) in [5, 5.41) is 45.3. The third-order valence-corrected chi connectivity index (χ3v) is 23.3. The van der Waals surface area contributed by atoms with Gasteiger partial charge in [-0.1, -0.05) is 0 Å². The van der Waals surface area contributed by atoms with Crippen molar-refractivity contribution in [2.45, 2.75) is 225 Å². The van der Waals surface area contributed by atoms with E-state index in [-0.39, 0.29) is 87.8 Å². The van der Waals surface area contributed by atoms with Gasteiger partial charge in [-0.15, -0.1) is 0 Å². The van der Waals surface area contributed by atoms with Crippen LogP contribution < -0.4 is 22.9 Å². The Hall–Kier alpha value is -3.40. The summed E-state index contributed by atoms with van der Waals surface area (Å²) in [6, 6.07) is 1.64. The first-order valence-corrected chi connectivity index (χ1v) is 27.8. The molecule has 19 fully saturated rings. The topological polar surface area (TPSA) is 307 Å². The number of hydrogen-bond donors (Lipinski definition) is 7. The summed E-state index contributed by atoms with van der Waals surface area (Å²) in [6.45, 7) is 0. The van der Waals surface area contributed by atoms with Gasteiger partial charge in [0.15, 0.2) is 0 Å². The van der Waals surface area contributed by atoms with Crippen LogP contribution in [0, 0.1) is 80.8 Å². The first-order chi connectivity index (χ1) is 32.9. The van der Waals surface area contributed by atoms with Gasteiger partial charge in [-0.3, -0.25) is 24.2 Å². The van der Waals surface area contributed by atoms with Crippen molar-refractivity contribution in [1.82, 2.24) is 26.2 Å². The molecule has 5 aliphatic heterocycles. The molecule has 20 aliphatic rings. The molecule has 0 aromatic carbocycles.